The van der Waals surface area contributed by atoms with E-state index in [0.29, 0.717) is 10.2 Å². The largest absolute Gasteiger partial charge is 0.276 e. The Balaban J connectivity index is 3.06. The van der Waals surface area contributed by atoms with E-state index in [2.05, 4.69) is 4.99 Å². The van der Waals surface area contributed by atoms with Gasteiger partial charge in [0, 0.05) is 17.6 Å². The SMILES string of the molecule is CN=C(Cl)c1cccc(Cl)c1. The first kappa shape index (κ1) is 8.57. The van der Waals surface area contributed by atoms with Crippen molar-refractivity contribution in [2.24, 2.45) is 4.99 Å². The molecule has 3 heteroatoms. The van der Waals surface area contributed by atoms with Crippen molar-refractivity contribution in [3.8, 4) is 0 Å². The lowest BCUT2D eigenvalue weighted by atomic mass is 10.2. The fourth-order valence-corrected chi connectivity index (χ4v) is 1.05. The lowest BCUT2D eigenvalue weighted by molar-refractivity contribution is 1.45. The van der Waals surface area contributed by atoms with Crippen LogP contribution in [0.3, 0.4) is 0 Å². The molecule has 0 aliphatic carbocycles. The molecule has 0 spiro atoms. The van der Waals surface area contributed by atoms with Gasteiger partial charge in [-0.15, -0.1) is 0 Å². The van der Waals surface area contributed by atoms with Gasteiger partial charge in [-0.25, -0.2) is 0 Å². The number of benzene rings is 1. The van der Waals surface area contributed by atoms with Crippen LogP contribution in [-0.2, 0) is 0 Å². The zero-order valence-electron chi connectivity index (χ0n) is 6.01. The molecule has 0 N–H and O–H groups in total. The molecule has 1 nitrogen and oxygen atoms in total. The number of hydrogen-bond acceptors (Lipinski definition) is 1. The van der Waals surface area contributed by atoms with Crippen molar-refractivity contribution in [1.29, 1.82) is 0 Å². The van der Waals surface area contributed by atoms with E-state index in [1.54, 1.807) is 19.2 Å². The fourth-order valence-electron chi connectivity index (χ4n) is 0.746. The predicted octanol–water partition coefficient (Wildman–Crippen LogP) is 2.96. The first-order chi connectivity index (χ1) is 5.24. The van der Waals surface area contributed by atoms with Gasteiger partial charge in [-0.05, 0) is 12.1 Å². The molecule has 0 aromatic heterocycles. The van der Waals surface area contributed by atoms with Crippen molar-refractivity contribution in [2.75, 3.05) is 7.05 Å². The number of rotatable bonds is 1. The maximum atomic E-state index is 5.75. The Bertz CT molecular complexity index is 281. The summed E-state index contributed by atoms with van der Waals surface area (Å²) < 4.78 is 0. The number of halogens is 2. The molecule has 58 valence electrons. The van der Waals surface area contributed by atoms with Crippen molar-refractivity contribution in [3.63, 3.8) is 0 Å². The van der Waals surface area contributed by atoms with Crippen LogP contribution in [-0.4, -0.2) is 12.2 Å². The number of hydrogen-bond donors (Lipinski definition) is 0. The molecule has 11 heavy (non-hydrogen) atoms. The Kier molecular flexibility index (Phi) is 2.92. The van der Waals surface area contributed by atoms with E-state index in [0.717, 1.165) is 5.56 Å². The number of aliphatic imine (C=N–C) groups is 1. The summed E-state index contributed by atoms with van der Waals surface area (Å²) in [4.78, 5) is 3.82. The summed E-state index contributed by atoms with van der Waals surface area (Å²) in [6.07, 6.45) is 0. The highest BCUT2D eigenvalue weighted by Gasteiger charge is 1.97. The monoisotopic (exact) mass is 187 g/mol. The Morgan fingerprint density at radius 3 is 2.73 bits per heavy atom. The van der Waals surface area contributed by atoms with Crippen molar-refractivity contribution >= 4 is 28.4 Å². The molecule has 0 unspecified atom stereocenters. The molecular formula is C8H7Cl2N. The highest BCUT2D eigenvalue weighted by molar-refractivity contribution is 6.69. The maximum absolute atomic E-state index is 5.75. The van der Waals surface area contributed by atoms with Gasteiger partial charge >= 0.3 is 0 Å². The van der Waals surface area contributed by atoms with Crippen LogP contribution >= 0.6 is 23.2 Å². The lowest BCUT2D eigenvalue weighted by Gasteiger charge is -1.96. The third-order valence-electron chi connectivity index (χ3n) is 1.26. The molecule has 0 fully saturated rings. The zero-order valence-corrected chi connectivity index (χ0v) is 7.52. The summed E-state index contributed by atoms with van der Waals surface area (Å²) in [5.41, 5.74) is 0.849. The fraction of sp³-hybridized carbons (Fsp3) is 0.125. The predicted molar refractivity (Wildman–Crippen MR) is 49.8 cm³/mol. The summed E-state index contributed by atoms with van der Waals surface area (Å²) in [5, 5.41) is 1.15. The molecule has 0 aliphatic rings. The van der Waals surface area contributed by atoms with Crippen LogP contribution in [0.15, 0.2) is 29.3 Å². The Morgan fingerprint density at radius 2 is 2.18 bits per heavy atom. The van der Waals surface area contributed by atoms with E-state index in [9.17, 15) is 0 Å². The van der Waals surface area contributed by atoms with Crippen molar-refractivity contribution in [3.05, 3.63) is 34.9 Å². The molecule has 1 aromatic carbocycles. The van der Waals surface area contributed by atoms with Crippen molar-refractivity contribution < 1.29 is 0 Å². The summed E-state index contributed by atoms with van der Waals surface area (Å²) >= 11 is 11.5. The zero-order chi connectivity index (χ0) is 8.27. The van der Waals surface area contributed by atoms with Crippen LogP contribution in [0.1, 0.15) is 5.56 Å². The first-order valence-corrected chi connectivity index (χ1v) is 3.88. The highest BCUT2D eigenvalue weighted by atomic mass is 35.5. The van der Waals surface area contributed by atoms with E-state index in [1.807, 2.05) is 12.1 Å². The third-order valence-corrected chi connectivity index (χ3v) is 1.88. The van der Waals surface area contributed by atoms with Gasteiger partial charge in [-0.3, -0.25) is 4.99 Å². The Hall–Kier alpha value is -0.530. The molecule has 0 atom stereocenters. The average Bonchev–Trinajstić information content (AvgIpc) is 2.03. The quantitative estimate of drug-likeness (QED) is 0.600. The van der Waals surface area contributed by atoms with E-state index < -0.39 is 0 Å². The van der Waals surface area contributed by atoms with Gasteiger partial charge in [0.1, 0.15) is 5.17 Å². The summed E-state index contributed by atoms with van der Waals surface area (Å²) in [6, 6.07) is 7.27. The third kappa shape index (κ3) is 2.21. The van der Waals surface area contributed by atoms with Gasteiger partial charge in [-0.2, -0.15) is 0 Å². The van der Waals surface area contributed by atoms with E-state index in [1.165, 1.54) is 0 Å². The standard InChI is InChI=1S/C8H7Cl2N/c1-11-8(10)6-3-2-4-7(9)5-6/h2-5H,1H3. The van der Waals surface area contributed by atoms with Gasteiger partial charge < -0.3 is 0 Å². The van der Waals surface area contributed by atoms with Gasteiger partial charge in [0.25, 0.3) is 0 Å². The summed E-state index contributed by atoms with van der Waals surface area (Å²) in [5.74, 6) is 0. The average molecular weight is 188 g/mol. The van der Waals surface area contributed by atoms with Crippen LogP contribution in [0.25, 0.3) is 0 Å². The molecule has 0 bridgehead atoms. The minimum Gasteiger partial charge on any atom is -0.276 e. The normalized spacial score (nSPS) is 11.7. The molecular weight excluding hydrogens is 181 g/mol. The Morgan fingerprint density at radius 1 is 1.45 bits per heavy atom. The van der Waals surface area contributed by atoms with Crippen molar-refractivity contribution in [2.45, 2.75) is 0 Å². The molecule has 1 aromatic rings. The van der Waals surface area contributed by atoms with Crippen LogP contribution < -0.4 is 0 Å². The second kappa shape index (κ2) is 3.74. The van der Waals surface area contributed by atoms with Crippen LogP contribution in [0.2, 0.25) is 5.02 Å². The highest BCUT2D eigenvalue weighted by Crippen LogP contribution is 2.12. The van der Waals surface area contributed by atoms with Crippen LogP contribution in [0, 0.1) is 0 Å². The van der Waals surface area contributed by atoms with E-state index in [4.69, 9.17) is 23.2 Å². The molecule has 1 rings (SSSR count). The first-order valence-electron chi connectivity index (χ1n) is 3.12. The van der Waals surface area contributed by atoms with Crippen molar-refractivity contribution in [1.82, 2.24) is 0 Å². The molecule has 0 saturated heterocycles. The molecule has 0 saturated carbocycles. The minimum absolute atomic E-state index is 0.479. The number of nitrogens with zero attached hydrogens (tertiary/aromatic N) is 1. The molecule has 0 amide bonds. The topological polar surface area (TPSA) is 12.4 Å². The smallest absolute Gasteiger partial charge is 0.130 e. The van der Waals surface area contributed by atoms with Crippen LogP contribution in [0.5, 0.6) is 0 Å². The second-order valence-electron chi connectivity index (χ2n) is 2.02. The van der Waals surface area contributed by atoms with Crippen LogP contribution in [0.4, 0.5) is 0 Å². The Labute approximate surface area is 75.7 Å². The van der Waals surface area contributed by atoms with Gasteiger partial charge in [-0.1, -0.05) is 35.3 Å². The maximum Gasteiger partial charge on any atom is 0.130 e. The van der Waals surface area contributed by atoms with Gasteiger partial charge in [0.05, 0.1) is 0 Å². The van der Waals surface area contributed by atoms with Gasteiger partial charge in [0.15, 0.2) is 0 Å². The summed E-state index contributed by atoms with van der Waals surface area (Å²) in [7, 11) is 1.64. The molecule has 0 aliphatic heterocycles. The molecule has 0 radical (unpaired) electrons. The van der Waals surface area contributed by atoms with Gasteiger partial charge in [0.2, 0.25) is 0 Å². The lowest BCUT2D eigenvalue weighted by Crippen LogP contribution is -1.89. The second-order valence-corrected chi connectivity index (χ2v) is 2.82. The summed E-state index contributed by atoms with van der Waals surface area (Å²) in [6.45, 7) is 0. The minimum atomic E-state index is 0.479. The van der Waals surface area contributed by atoms with E-state index >= 15 is 0 Å². The molecule has 0 heterocycles. The van der Waals surface area contributed by atoms with E-state index in [-0.39, 0.29) is 0 Å².